The van der Waals surface area contributed by atoms with Crippen LogP contribution in [-0.4, -0.2) is 25.4 Å². The van der Waals surface area contributed by atoms with Gasteiger partial charge in [-0.15, -0.1) is 0 Å². The van der Waals surface area contributed by atoms with Gasteiger partial charge in [0.25, 0.3) is 5.91 Å². The van der Waals surface area contributed by atoms with E-state index in [1.54, 1.807) is 25.1 Å². The van der Waals surface area contributed by atoms with Crippen molar-refractivity contribution < 1.29 is 23.1 Å². The van der Waals surface area contributed by atoms with E-state index in [2.05, 4.69) is 11.8 Å². The van der Waals surface area contributed by atoms with Gasteiger partial charge < -0.3 is 16.6 Å². The van der Waals surface area contributed by atoms with Crippen LogP contribution in [0.2, 0.25) is 0 Å². The summed E-state index contributed by atoms with van der Waals surface area (Å²) in [6.07, 6.45) is 0.184. The third kappa shape index (κ3) is 5.20. The lowest BCUT2D eigenvalue weighted by Crippen LogP contribution is -2.14. The van der Waals surface area contributed by atoms with Gasteiger partial charge in [0, 0.05) is 17.5 Å². The molecule has 3 aromatic carbocycles. The van der Waals surface area contributed by atoms with E-state index >= 15 is 0 Å². The molecule has 0 unspecified atom stereocenters. The van der Waals surface area contributed by atoms with E-state index in [1.165, 1.54) is 36.4 Å². The second-order valence-electron chi connectivity index (χ2n) is 7.30. The first kappa shape index (κ1) is 23.5. The Kier molecular flexibility index (Phi) is 6.53. The first-order chi connectivity index (χ1) is 15.5. The van der Waals surface area contributed by atoms with Gasteiger partial charge in [0.15, 0.2) is 0 Å². The fraction of sp³-hybridized carbons (Fsp3) is 0.0833. The van der Waals surface area contributed by atoms with E-state index < -0.39 is 21.9 Å². The summed E-state index contributed by atoms with van der Waals surface area (Å²) in [5.74, 6) is 4.10. The summed E-state index contributed by atoms with van der Waals surface area (Å²) in [6, 6.07) is 13.8. The minimum absolute atomic E-state index is 0.0643. The molecule has 3 rings (SSSR count). The molecule has 3 aromatic rings. The van der Waals surface area contributed by atoms with Crippen LogP contribution in [-0.2, 0) is 16.4 Å². The number of carboxylic acid groups (broad SMARTS) is 1. The van der Waals surface area contributed by atoms with Crippen LogP contribution in [0, 0.1) is 18.8 Å². The number of carbonyl (C=O) groups excluding carboxylic acids is 1. The Bertz CT molecular complexity index is 1430. The molecule has 0 aliphatic heterocycles. The zero-order chi connectivity index (χ0) is 24.3. The molecule has 7 N–H and O–H groups in total. The second-order valence-corrected chi connectivity index (χ2v) is 8.86. The second kappa shape index (κ2) is 9.16. The lowest BCUT2D eigenvalue weighted by Gasteiger charge is -2.11. The zero-order valence-electron chi connectivity index (χ0n) is 17.6. The number of anilines is 1. The number of hydrogen-bond donors (Lipinski definition) is 4. The number of rotatable bonds is 5. The highest BCUT2D eigenvalue weighted by Gasteiger charge is 2.15. The maximum Gasteiger partial charge on any atom is 0.336 e. The first-order valence-corrected chi connectivity index (χ1v) is 11.2. The molecule has 0 aromatic heterocycles. The van der Waals surface area contributed by atoms with Crippen LogP contribution in [0.1, 0.15) is 37.4 Å². The fourth-order valence-electron chi connectivity index (χ4n) is 3.36. The van der Waals surface area contributed by atoms with Crippen LogP contribution >= 0.6 is 0 Å². The van der Waals surface area contributed by atoms with Gasteiger partial charge in [-0.2, -0.15) is 0 Å². The molecule has 0 fully saturated rings. The third-order valence-electron chi connectivity index (χ3n) is 5.08. The normalized spacial score (nSPS) is 10.8. The standard InChI is InChI=1S/C24H21N3O5S/c1-14-4-2-7-19(24(29)30)18(14)6-3-5-15-12-20(22(25)21(13-15)23(26)28)16-8-10-17(11-9-16)33(27,31)32/h2,4,7-13H,6,25H2,1H3,(H2,26,28)(H,29,30)(H2,27,31,32). The van der Waals surface area contributed by atoms with E-state index in [0.717, 1.165) is 5.56 Å². The summed E-state index contributed by atoms with van der Waals surface area (Å²) < 4.78 is 23.0. The third-order valence-corrected chi connectivity index (χ3v) is 6.01. The smallest absolute Gasteiger partial charge is 0.336 e. The lowest BCUT2D eigenvalue weighted by molar-refractivity contribution is 0.0695. The maximum absolute atomic E-state index is 11.9. The number of benzene rings is 3. The number of nitrogens with two attached hydrogens (primary N) is 3. The number of amides is 1. The molecule has 9 heteroatoms. The number of nitrogen functional groups attached to an aromatic ring is 1. The average molecular weight is 464 g/mol. The van der Waals surface area contributed by atoms with E-state index in [1.807, 2.05) is 0 Å². The van der Waals surface area contributed by atoms with E-state index in [-0.39, 0.29) is 28.1 Å². The number of primary amides is 1. The molecule has 33 heavy (non-hydrogen) atoms. The average Bonchev–Trinajstić information content (AvgIpc) is 2.74. The van der Waals surface area contributed by atoms with Crippen molar-refractivity contribution in [3.63, 3.8) is 0 Å². The highest BCUT2D eigenvalue weighted by molar-refractivity contribution is 7.89. The number of sulfonamides is 1. The number of carbonyl (C=O) groups is 2. The molecule has 0 saturated heterocycles. The Morgan fingerprint density at radius 2 is 1.70 bits per heavy atom. The van der Waals surface area contributed by atoms with Gasteiger partial charge in [-0.25, -0.2) is 18.4 Å². The van der Waals surface area contributed by atoms with Crippen LogP contribution in [0.25, 0.3) is 11.1 Å². The number of aromatic carboxylic acids is 1. The van der Waals surface area contributed by atoms with Gasteiger partial charge in [-0.3, -0.25) is 4.79 Å². The minimum Gasteiger partial charge on any atom is -0.478 e. The van der Waals surface area contributed by atoms with Gasteiger partial charge in [-0.1, -0.05) is 36.1 Å². The maximum atomic E-state index is 11.9. The molecule has 0 bridgehead atoms. The van der Waals surface area contributed by atoms with Gasteiger partial charge in [0.1, 0.15) is 0 Å². The van der Waals surface area contributed by atoms with Gasteiger partial charge in [0.2, 0.25) is 10.0 Å². The van der Waals surface area contributed by atoms with Crippen LogP contribution in [0.5, 0.6) is 0 Å². The van der Waals surface area contributed by atoms with Crippen LogP contribution < -0.4 is 16.6 Å². The van der Waals surface area contributed by atoms with Crippen molar-refractivity contribution in [1.82, 2.24) is 0 Å². The molecule has 0 radical (unpaired) electrons. The molecule has 8 nitrogen and oxygen atoms in total. The topological polar surface area (TPSA) is 167 Å². The molecule has 0 spiro atoms. The number of aryl methyl sites for hydroxylation is 1. The Morgan fingerprint density at radius 1 is 1.03 bits per heavy atom. The summed E-state index contributed by atoms with van der Waals surface area (Å²) in [6.45, 7) is 1.81. The summed E-state index contributed by atoms with van der Waals surface area (Å²) in [5, 5.41) is 14.5. The Balaban J connectivity index is 2.05. The van der Waals surface area contributed by atoms with Gasteiger partial charge in [-0.05, 0) is 53.9 Å². The predicted octanol–water partition coefficient (Wildman–Crippen LogP) is 2.28. The summed E-state index contributed by atoms with van der Waals surface area (Å²) >= 11 is 0. The van der Waals surface area contributed by atoms with Gasteiger partial charge in [0.05, 0.1) is 21.7 Å². The SMILES string of the molecule is Cc1cccc(C(=O)O)c1CC#Cc1cc(C(N)=O)c(N)c(-c2ccc(S(N)(=O)=O)cc2)c1. The lowest BCUT2D eigenvalue weighted by atomic mass is 9.96. The first-order valence-electron chi connectivity index (χ1n) is 9.66. The molecular weight excluding hydrogens is 442 g/mol. The monoisotopic (exact) mass is 463 g/mol. The summed E-state index contributed by atoms with van der Waals surface area (Å²) in [4.78, 5) is 23.4. The molecule has 0 atom stereocenters. The minimum atomic E-state index is -3.86. The molecule has 0 aliphatic rings. The predicted molar refractivity (Wildman–Crippen MR) is 125 cm³/mol. The Hall–Kier alpha value is -4.13. The van der Waals surface area contributed by atoms with Crippen molar-refractivity contribution in [2.45, 2.75) is 18.2 Å². The van der Waals surface area contributed by atoms with E-state index in [9.17, 15) is 23.1 Å². The molecule has 0 aliphatic carbocycles. The summed E-state index contributed by atoms with van der Waals surface area (Å²) in [7, 11) is -3.86. The quantitative estimate of drug-likeness (QED) is 0.334. The van der Waals surface area contributed by atoms with Crippen molar-refractivity contribution in [2.75, 3.05) is 5.73 Å². The highest BCUT2D eigenvalue weighted by Crippen LogP contribution is 2.31. The van der Waals surface area contributed by atoms with Gasteiger partial charge >= 0.3 is 5.97 Å². The van der Waals surface area contributed by atoms with Crippen molar-refractivity contribution >= 4 is 27.6 Å². The number of hydrogen-bond acceptors (Lipinski definition) is 5. The van der Waals surface area contributed by atoms with E-state index in [4.69, 9.17) is 16.6 Å². The van der Waals surface area contributed by atoms with Crippen LogP contribution in [0.15, 0.2) is 59.5 Å². The summed E-state index contributed by atoms with van der Waals surface area (Å²) in [5.41, 5.74) is 14.8. The molecular formula is C24H21N3O5S. The zero-order valence-corrected chi connectivity index (χ0v) is 18.4. The van der Waals surface area contributed by atoms with Crippen molar-refractivity contribution in [1.29, 1.82) is 0 Å². The molecule has 168 valence electrons. The molecule has 1 amide bonds. The Morgan fingerprint density at radius 3 is 2.27 bits per heavy atom. The van der Waals surface area contributed by atoms with Crippen LogP contribution in [0.3, 0.4) is 0 Å². The van der Waals surface area contributed by atoms with Crippen molar-refractivity contribution in [3.8, 4) is 23.0 Å². The largest absolute Gasteiger partial charge is 0.478 e. The number of carboxylic acids is 1. The highest BCUT2D eigenvalue weighted by atomic mass is 32.2. The van der Waals surface area contributed by atoms with Crippen molar-refractivity contribution in [2.24, 2.45) is 10.9 Å². The van der Waals surface area contributed by atoms with Crippen LogP contribution in [0.4, 0.5) is 5.69 Å². The van der Waals surface area contributed by atoms with Crippen molar-refractivity contribution in [3.05, 3.63) is 82.4 Å². The number of primary sulfonamides is 1. The fourth-order valence-corrected chi connectivity index (χ4v) is 3.88. The molecule has 0 heterocycles. The van der Waals surface area contributed by atoms with E-state index in [0.29, 0.717) is 22.3 Å². The Labute approximate surface area is 191 Å². The molecule has 0 saturated carbocycles.